The maximum Gasteiger partial charge on any atom is 0.159 e. The number of aliphatic hydroxyl groups excluding tert-OH is 1. The van der Waals surface area contributed by atoms with Crippen LogP contribution in [-0.2, 0) is 7.05 Å². The molecular weight excluding hydrogens is 192 g/mol. The highest BCUT2D eigenvalue weighted by Crippen LogP contribution is 2.18. The third kappa shape index (κ3) is 1.71. The Morgan fingerprint density at radius 3 is 2.87 bits per heavy atom. The van der Waals surface area contributed by atoms with Crippen molar-refractivity contribution < 1.29 is 5.11 Å². The monoisotopic (exact) mass is 206 g/mol. The van der Waals surface area contributed by atoms with Crippen LogP contribution in [0.2, 0.25) is 0 Å². The summed E-state index contributed by atoms with van der Waals surface area (Å²) in [7, 11) is 1.88. The number of fused-ring (bicyclic) bond motifs is 1. The summed E-state index contributed by atoms with van der Waals surface area (Å²) in [6, 6.07) is 1.50. The van der Waals surface area contributed by atoms with E-state index in [1.54, 1.807) is 19.4 Å². The lowest BCUT2D eigenvalue weighted by atomic mass is 10.1. The van der Waals surface area contributed by atoms with Gasteiger partial charge in [-0.05, 0) is 13.0 Å². The van der Waals surface area contributed by atoms with Gasteiger partial charge in [0.25, 0.3) is 0 Å². The molecule has 0 aliphatic heterocycles. The summed E-state index contributed by atoms with van der Waals surface area (Å²) < 4.78 is 1.83. The van der Waals surface area contributed by atoms with Crippen LogP contribution < -0.4 is 5.73 Å². The molecule has 0 saturated carbocycles. The van der Waals surface area contributed by atoms with Crippen LogP contribution in [0.15, 0.2) is 18.6 Å². The van der Waals surface area contributed by atoms with Crippen molar-refractivity contribution in [2.45, 2.75) is 19.1 Å². The third-order valence-electron chi connectivity index (χ3n) is 2.41. The Hall–Kier alpha value is -1.46. The van der Waals surface area contributed by atoms with Gasteiger partial charge < -0.3 is 15.4 Å². The number of imidazole rings is 1. The van der Waals surface area contributed by atoms with E-state index in [1.165, 1.54) is 0 Å². The van der Waals surface area contributed by atoms with Crippen LogP contribution >= 0.6 is 0 Å². The molecular formula is C10H14N4O. The SMILES string of the molecule is CC(N)C(O)c1cnc2c(c1)ncn2C. The molecule has 2 rings (SSSR count). The van der Waals surface area contributed by atoms with Gasteiger partial charge in [-0.3, -0.25) is 0 Å². The number of nitrogens with two attached hydrogens (primary N) is 1. The second-order valence-corrected chi connectivity index (χ2v) is 3.77. The molecule has 2 aromatic rings. The molecule has 0 fully saturated rings. The lowest BCUT2D eigenvalue weighted by molar-refractivity contribution is 0.153. The first kappa shape index (κ1) is 10.1. The molecule has 0 bridgehead atoms. The molecule has 15 heavy (non-hydrogen) atoms. The molecule has 80 valence electrons. The van der Waals surface area contributed by atoms with E-state index in [0.29, 0.717) is 5.56 Å². The normalized spacial score (nSPS) is 15.5. The van der Waals surface area contributed by atoms with Crippen molar-refractivity contribution in [1.29, 1.82) is 0 Å². The summed E-state index contributed by atoms with van der Waals surface area (Å²) in [6.45, 7) is 1.76. The van der Waals surface area contributed by atoms with Crippen molar-refractivity contribution >= 4 is 11.2 Å². The van der Waals surface area contributed by atoms with Crippen molar-refractivity contribution in [2.75, 3.05) is 0 Å². The number of hydrogen-bond acceptors (Lipinski definition) is 4. The van der Waals surface area contributed by atoms with E-state index in [-0.39, 0.29) is 6.04 Å². The fraction of sp³-hybridized carbons (Fsp3) is 0.400. The van der Waals surface area contributed by atoms with E-state index in [1.807, 2.05) is 17.7 Å². The minimum atomic E-state index is -0.691. The summed E-state index contributed by atoms with van der Waals surface area (Å²) in [5.41, 5.74) is 7.89. The Kier molecular flexibility index (Phi) is 2.42. The summed E-state index contributed by atoms with van der Waals surface area (Å²) in [6.07, 6.45) is 2.64. The number of rotatable bonds is 2. The zero-order valence-corrected chi connectivity index (χ0v) is 8.75. The van der Waals surface area contributed by atoms with Crippen molar-refractivity contribution in [3.8, 4) is 0 Å². The highest BCUT2D eigenvalue weighted by molar-refractivity contribution is 5.71. The highest BCUT2D eigenvalue weighted by Gasteiger charge is 2.14. The lowest BCUT2D eigenvalue weighted by Gasteiger charge is -2.13. The predicted molar refractivity (Wildman–Crippen MR) is 57.1 cm³/mol. The fourth-order valence-corrected chi connectivity index (χ4v) is 1.50. The van der Waals surface area contributed by atoms with E-state index in [2.05, 4.69) is 9.97 Å². The number of aryl methyl sites for hydroxylation is 1. The van der Waals surface area contributed by atoms with Gasteiger partial charge in [-0.15, -0.1) is 0 Å². The number of aliphatic hydroxyl groups is 1. The summed E-state index contributed by atoms with van der Waals surface area (Å²) in [5.74, 6) is 0. The number of aromatic nitrogens is 3. The van der Waals surface area contributed by atoms with Gasteiger partial charge in [0, 0.05) is 24.8 Å². The quantitative estimate of drug-likeness (QED) is 0.743. The molecule has 0 radical (unpaired) electrons. The van der Waals surface area contributed by atoms with Gasteiger partial charge in [0.2, 0.25) is 0 Å². The molecule has 2 unspecified atom stereocenters. The van der Waals surface area contributed by atoms with Crippen LogP contribution in [-0.4, -0.2) is 25.7 Å². The van der Waals surface area contributed by atoms with Crippen LogP contribution in [0.4, 0.5) is 0 Å². The number of pyridine rings is 1. The van der Waals surface area contributed by atoms with Crippen LogP contribution in [0.25, 0.3) is 11.2 Å². The van der Waals surface area contributed by atoms with Crippen LogP contribution in [0.5, 0.6) is 0 Å². The molecule has 2 atom stereocenters. The average Bonchev–Trinajstić information content (AvgIpc) is 2.59. The molecule has 2 aromatic heterocycles. The second-order valence-electron chi connectivity index (χ2n) is 3.77. The first-order valence-electron chi connectivity index (χ1n) is 4.80. The first-order chi connectivity index (χ1) is 7.09. The van der Waals surface area contributed by atoms with Crippen LogP contribution in [0.3, 0.4) is 0 Å². The van der Waals surface area contributed by atoms with Crippen molar-refractivity contribution in [1.82, 2.24) is 14.5 Å². The van der Waals surface area contributed by atoms with Crippen molar-refractivity contribution in [3.05, 3.63) is 24.2 Å². The summed E-state index contributed by atoms with van der Waals surface area (Å²) in [4.78, 5) is 8.40. The number of hydrogen-bond donors (Lipinski definition) is 2. The topological polar surface area (TPSA) is 77.0 Å². The Morgan fingerprint density at radius 1 is 1.47 bits per heavy atom. The number of nitrogens with zero attached hydrogens (tertiary/aromatic N) is 3. The van der Waals surface area contributed by atoms with Gasteiger partial charge >= 0.3 is 0 Å². The van der Waals surface area contributed by atoms with Gasteiger partial charge in [0.1, 0.15) is 5.52 Å². The molecule has 5 nitrogen and oxygen atoms in total. The molecule has 5 heteroatoms. The minimum absolute atomic E-state index is 0.312. The lowest BCUT2D eigenvalue weighted by Crippen LogP contribution is -2.24. The zero-order valence-electron chi connectivity index (χ0n) is 8.75. The van der Waals surface area contributed by atoms with Gasteiger partial charge in [-0.2, -0.15) is 0 Å². The molecule has 0 aromatic carbocycles. The molecule has 0 aliphatic rings. The van der Waals surface area contributed by atoms with Crippen LogP contribution in [0.1, 0.15) is 18.6 Å². The molecule has 0 amide bonds. The predicted octanol–water partition coefficient (Wildman–Crippen LogP) is 0.349. The van der Waals surface area contributed by atoms with Crippen molar-refractivity contribution in [3.63, 3.8) is 0 Å². The first-order valence-corrected chi connectivity index (χ1v) is 4.80. The largest absolute Gasteiger partial charge is 0.387 e. The Morgan fingerprint density at radius 2 is 2.20 bits per heavy atom. The Balaban J connectivity index is 2.47. The Bertz CT molecular complexity index is 477. The smallest absolute Gasteiger partial charge is 0.159 e. The van der Waals surface area contributed by atoms with E-state index < -0.39 is 6.10 Å². The third-order valence-corrected chi connectivity index (χ3v) is 2.41. The van der Waals surface area contributed by atoms with E-state index in [0.717, 1.165) is 11.2 Å². The molecule has 0 saturated heterocycles. The van der Waals surface area contributed by atoms with Gasteiger partial charge in [0.15, 0.2) is 5.65 Å². The van der Waals surface area contributed by atoms with Gasteiger partial charge in [0.05, 0.1) is 12.4 Å². The standard InChI is InChI=1S/C10H14N4O/c1-6(11)9(15)7-3-8-10(12-4-7)14(2)5-13-8/h3-6,9,15H,11H2,1-2H3. The second kappa shape index (κ2) is 3.60. The molecule has 0 spiro atoms. The summed E-state index contributed by atoms with van der Waals surface area (Å²) >= 11 is 0. The van der Waals surface area contributed by atoms with E-state index >= 15 is 0 Å². The minimum Gasteiger partial charge on any atom is -0.387 e. The van der Waals surface area contributed by atoms with Gasteiger partial charge in [-0.1, -0.05) is 0 Å². The van der Waals surface area contributed by atoms with Gasteiger partial charge in [-0.25, -0.2) is 9.97 Å². The van der Waals surface area contributed by atoms with Crippen molar-refractivity contribution in [2.24, 2.45) is 12.8 Å². The van der Waals surface area contributed by atoms with E-state index in [4.69, 9.17) is 5.73 Å². The highest BCUT2D eigenvalue weighted by atomic mass is 16.3. The van der Waals surface area contributed by atoms with E-state index in [9.17, 15) is 5.11 Å². The molecule has 3 N–H and O–H groups in total. The maximum atomic E-state index is 9.76. The molecule has 0 aliphatic carbocycles. The summed E-state index contributed by atoms with van der Waals surface area (Å²) in [5, 5.41) is 9.76. The maximum absolute atomic E-state index is 9.76. The van der Waals surface area contributed by atoms with Crippen LogP contribution in [0, 0.1) is 0 Å². The zero-order chi connectivity index (χ0) is 11.0. The fourth-order valence-electron chi connectivity index (χ4n) is 1.50. The average molecular weight is 206 g/mol. The Labute approximate surface area is 87.6 Å². The molecule has 2 heterocycles.